The first kappa shape index (κ1) is 13.1. The second kappa shape index (κ2) is 6.61. The van der Waals surface area contributed by atoms with E-state index < -0.39 is 0 Å². The summed E-state index contributed by atoms with van der Waals surface area (Å²) in [6, 6.07) is 5.54. The van der Waals surface area contributed by atoms with E-state index in [9.17, 15) is 4.39 Å². The van der Waals surface area contributed by atoms with Crippen LogP contribution >= 0.6 is 0 Å². The summed E-state index contributed by atoms with van der Waals surface area (Å²) in [5.41, 5.74) is 7.24. The fourth-order valence-corrected chi connectivity index (χ4v) is 1.69. The number of aryl methyl sites for hydroxylation is 1. The van der Waals surface area contributed by atoms with Crippen LogP contribution in [-0.2, 0) is 13.0 Å². The average molecular weight is 224 g/mol. The van der Waals surface area contributed by atoms with Gasteiger partial charge < -0.3 is 10.6 Å². The third kappa shape index (κ3) is 4.29. The maximum absolute atomic E-state index is 13.7. The van der Waals surface area contributed by atoms with Crippen molar-refractivity contribution < 1.29 is 4.39 Å². The van der Waals surface area contributed by atoms with E-state index in [-0.39, 0.29) is 5.82 Å². The van der Waals surface area contributed by atoms with Crippen molar-refractivity contribution in [1.29, 1.82) is 0 Å². The largest absolute Gasteiger partial charge is 0.330 e. The Morgan fingerprint density at radius 1 is 1.25 bits per heavy atom. The molecule has 0 saturated carbocycles. The van der Waals surface area contributed by atoms with E-state index in [0.29, 0.717) is 13.1 Å². The SMILES string of the molecule is CN(C)Cc1ccc(CCCCN)cc1F. The molecule has 0 amide bonds. The van der Waals surface area contributed by atoms with Gasteiger partial charge in [0.05, 0.1) is 0 Å². The number of rotatable bonds is 6. The zero-order valence-corrected chi connectivity index (χ0v) is 10.2. The van der Waals surface area contributed by atoms with Gasteiger partial charge in [0.2, 0.25) is 0 Å². The number of benzene rings is 1. The molecule has 3 heteroatoms. The first-order valence-corrected chi connectivity index (χ1v) is 5.75. The normalized spacial score (nSPS) is 11.1. The number of hydrogen-bond donors (Lipinski definition) is 1. The summed E-state index contributed by atoms with van der Waals surface area (Å²) in [7, 11) is 3.88. The molecule has 0 unspecified atom stereocenters. The van der Waals surface area contributed by atoms with Crippen molar-refractivity contribution in [2.45, 2.75) is 25.8 Å². The standard InChI is InChI=1S/C13H21FN2/c1-16(2)10-12-7-6-11(9-13(12)14)5-3-4-8-15/h6-7,9H,3-5,8,10,15H2,1-2H3. The van der Waals surface area contributed by atoms with Crippen molar-refractivity contribution in [3.05, 3.63) is 35.1 Å². The third-order valence-electron chi connectivity index (χ3n) is 2.52. The molecule has 0 spiro atoms. The number of hydrogen-bond acceptors (Lipinski definition) is 2. The summed E-state index contributed by atoms with van der Waals surface area (Å²) in [6.07, 6.45) is 2.94. The Labute approximate surface area is 97.3 Å². The van der Waals surface area contributed by atoms with E-state index in [1.54, 1.807) is 6.07 Å². The molecule has 0 atom stereocenters. The van der Waals surface area contributed by atoms with Gasteiger partial charge in [0.15, 0.2) is 0 Å². The molecule has 0 bridgehead atoms. The van der Waals surface area contributed by atoms with Crippen LogP contribution in [0.4, 0.5) is 4.39 Å². The van der Waals surface area contributed by atoms with Crippen LogP contribution in [0.25, 0.3) is 0 Å². The monoisotopic (exact) mass is 224 g/mol. The summed E-state index contributed by atoms with van der Waals surface area (Å²) in [5.74, 6) is -0.0982. The van der Waals surface area contributed by atoms with Crippen LogP contribution in [0.5, 0.6) is 0 Å². The Balaban J connectivity index is 2.60. The second-order valence-corrected chi connectivity index (χ2v) is 4.41. The summed E-state index contributed by atoms with van der Waals surface area (Å²) in [6.45, 7) is 1.36. The highest BCUT2D eigenvalue weighted by Crippen LogP contribution is 2.13. The summed E-state index contributed by atoms with van der Waals surface area (Å²) >= 11 is 0. The van der Waals surface area contributed by atoms with Crippen molar-refractivity contribution >= 4 is 0 Å². The van der Waals surface area contributed by atoms with Gasteiger partial charge in [-0.15, -0.1) is 0 Å². The molecule has 1 aromatic carbocycles. The predicted octanol–water partition coefficient (Wildman–Crippen LogP) is 2.17. The second-order valence-electron chi connectivity index (χ2n) is 4.41. The highest BCUT2D eigenvalue weighted by Gasteiger charge is 2.04. The maximum atomic E-state index is 13.7. The summed E-state index contributed by atoms with van der Waals surface area (Å²) in [5, 5.41) is 0. The summed E-state index contributed by atoms with van der Waals surface area (Å²) in [4.78, 5) is 1.96. The minimum absolute atomic E-state index is 0.0982. The molecule has 2 nitrogen and oxygen atoms in total. The molecule has 0 heterocycles. The third-order valence-corrected chi connectivity index (χ3v) is 2.52. The van der Waals surface area contributed by atoms with Gasteiger partial charge in [-0.1, -0.05) is 12.1 Å². The molecule has 0 fully saturated rings. The lowest BCUT2D eigenvalue weighted by atomic mass is 10.1. The molecule has 0 aliphatic heterocycles. The van der Waals surface area contributed by atoms with E-state index in [1.165, 1.54) is 0 Å². The molecule has 1 rings (SSSR count). The molecule has 0 aliphatic carbocycles. The lowest BCUT2D eigenvalue weighted by Crippen LogP contribution is -2.12. The van der Waals surface area contributed by atoms with Crippen LogP contribution in [0, 0.1) is 5.82 Å². The Kier molecular flexibility index (Phi) is 5.43. The number of nitrogens with zero attached hydrogens (tertiary/aromatic N) is 1. The van der Waals surface area contributed by atoms with Crippen molar-refractivity contribution in [1.82, 2.24) is 4.90 Å². The van der Waals surface area contributed by atoms with Crippen LogP contribution < -0.4 is 5.73 Å². The predicted molar refractivity (Wildman–Crippen MR) is 65.8 cm³/mol. The molecule has 0 aromatic heterocycles. The molecule has 16 heavy (non-hydrogen) atoms. The van der Waals surface area contributed by atoms with Crippen molar-refractivity contribution in [2.75, 3.05) is 20.6 Å². The zero-order valence-electron chi connectivity index (χ0n) is 10.2. The fraction of sp³-hybridized carbons (Fsp3) is 0.538. The van der Waals surface area contributed by atoms with E-state index in [1.807, 2.05) is 31.1 Å². The van der Waals surface area contributed by atoms with Crippen LogP contribution in [0.1, 0.15) is 24.0 Å². The Morgan fingerprint density at radius 2 is 2.00 bits per heavy atom. The van der Waals surface area contributed by atoms with Gasteiger partial charge in [-0.2, -0.15) is 0 Å². The van der Waals surface area contributed by atoms with Gasteiger partial charge >= 0.3 is 0 Å². The molecule has 2 N–H and O–H groups in total. The molecule has 90 valence electrons. The maximum Gasteiger partial charge on any atom is 0.127 e. The summed E-state index contributed by atoms with van der Waals surface area (Å²) < 4.78 is 13.7. The van der Waals surface area contributed by atoms with E-state index in [0.717, 1.165) is 30.4 Å². The minimum Gasteiger partial charge on any atom is -0.330 e. The van der Waals surface area contributed by atoms with Crippen LogP contribution in [0.3, 0.4) is 0 Å². The fourth-order valence-electron chi connectivity index (χ4n) is 1.69. The van der Waals surface area contributed by atoms with Gasteiger partial charge in [0.25, 0.3) is 0 Å². The lowest BCUT2D eigenvalue weighted by molar-refractivity contribution is 0.392. The van der Waals surface area contributed by atoms with Crippen molar-refractivity contribution in [2.24, 2.45) is 5.73 Å². The zero-order chi connectivity index (χ0) is 12.0. The highest BCUT2D eigenvalue weighted by atomic mass is 19.1. The van der Waals surface area contributed by atoms with Crippen molar-refractivity contribution in [3.63, 3.8) is 0 Å². The van der Waals surface area contributed by atoms with Gasteiger partial charge in [0.1, 0.15) is 5.82 Å². The van der Waals surface area contributed by atoms with Crippen molar-refractivity contribution in [3.8, 4) is 0 Å². The number of nitrogens with two attached hydrogens (primary N) is 1. The van der Waals surface area contributed by atoms with Crippen LogP contribution in [-0.4, -0.2) is 25.5 Å². The van der Waals surface area contributed by atoms with Gasteiger partial charge in [-0.3, -0.25) is 0 Å². The average Bonchev–Trinajstić information content (AvgIpc) is 2.22. The Morgan fingerprint density at radius 3 is 2.56 bits per heavy atom. The van der Waals surface area contributed by atoms with Crippen LogP contribution in [0.15, 0.2) is 18.2 Å². The molecule has 0 radical (unpaired) electrons. The molecule has 1 aromatic rings. The first-order valence-electron chi connectivity index (χ1n) is 5.75. The topological polar surface area (TPSA) is 29.3 Å². The van der Waals surface area contributed by atoms with Gasteiger partial charge in [-0.25, -0.2) is 4.39 Å². The Bertz CT molecular complexity index is 324. The van der Waals surface area contributed by atoms with E-state index in [4.69, 9.17) is 5.73 Å². The molecular weight excluding hydrogens is 203 g/mol. The molecule has 0 aliphatic rings. The first-order chi connectivity index (χ1) is 7.63. The van der Waals surface area contributed by atoms with E-state index in [2.05, 4.69) is 0 Å². The van der Waals surface area contributed by atoms with Gasteiger partial charge in [0, 0.05) is 12.1 Å². The highest BCUT2D eigenvalue weighted by molar-refractivity contribution is 5.24. The Hall–Kier alpha value is -0.930. The lowest BCUT2D eigenvalue weighted by Gasteiger charge is -2.11. The van der Waals surface area contributed by atoms with Gasteiger partial charge in [-0.05, 0) is 51.5 Å². The number of unbranched alkanes of at least 4 members (excludes halogenated alkanes) is 1. The smallest absolute Gasteiger partial charge is 0.127 e. The number of halogens is 1. The molecular formula is C13H21FN2. The molecule has 0 saturated heterocycles. The van der Waals surface area contributed by atoms with Crippen LogP contribution in [0.2, 0.25) is 0 Å². The minimum atomic E-state index is -0.0982. The quantitative estimate of drug-likeness (QED) is 0.750. The van der Waals surface area contributed by atoms with E-state index >= 15 is 0 Å².